The number of hydrogen-bond donors (Lipinski definition) is 3. The summed E-state index contributed by atoms with van der Waals surface area (Å²) in [5.74, 6) is 0.214. The molecule has 0 aromatic rings. The van der Waals surface area contributed by atoms with Crippen molar-refractivity contribution >= 4 is 39.5 Å². The Morgan fingerprint density at radius 2 is 0.510 bits per heavy atom. The SMILES string of the molecule is CCCCCCCCCCCCCCCCCCC(=O)O[C@H](COC(=O)CCCCCCCCC(C)CC)COP(=O)(O)OC[C@H](O)COP(=O)(O)OC[C@@H](COC(=O)CCCCCCCCCCCCCCCC(C)C)OC(=O)CCCCCCCCCCCCCCCCCC(C)C. The quantitative estimate of drug-likeness (QED) is 0.0222. The first-order valence-corrected chi connectivity index (χ1v) is 44.9. The summed E-state index contributed by atoms with van der Waals surface area (Å²) in [4.78, 5) is 73.0. The molecule has 100 heavy (non-hydrogen) atoms. The topological polar surface area (TPSA) is 237 Å². The minimum absolute atomic E-state index is 0.107. The van der Waals surface area contributed by atoms with Crippen molar-refractivity contribution in [3.05, 3.63) is 0 Å². The summed E-state index contributed by atoms with van der Waals surface area (Å²) in [6.45, 7) is 12.0. The minimum Gasteiger partial charge on any atom is -0.462 e. The highest BCUT2D eigenvalue weighted by atomic mass is 31.2. The monoisotopic (exact) mass is 1470 g/mol. The molecule has 6 atom stereocenters. The van der Waals surface area contributed by atoms with Gasteiger partial charge in [0.1, 0.15) is 19.3 Å². The van der Waals surface area contributed by atoms with E-state index >= 15 is 0 Å². The molecule has 17 nitrogen and oxygen atoms in total. The maximum Gasteiger partial charge on any atom is 0.472 e. The van der Waals surface area contributed by atoms with E-state index in [0.29, 0.717) is 25.7 Å². The second-order valence-corrected chi connectivity index (χ2v) is 33.3. The smallest absolute Gasteiger partial charge is 0.462 e. The van der Waals surface area contributed by atoms with Crippen molar-refractivity contribution in [3.63, 3.8) is 0 Å². The summed E-state index contributed by atoms with van der Waals surface area (Å²) in [6.07, 6.45) is 59.6. The van der Waals surface area contributed by atoms with Crippen LogP contribution in [0.3, 0.4) is 0 Å². The fraction of sp³-hybridized carbons (Fsp3) is 0.951. The summed E-state index contributed by atoms with van der Waals surface area (Å²) >= 11 is 0. The van der Waals surface area contributed by atoms with E-state index in [1.54, 1.807) is 0 Å². The molecule has 0 spiro atoms. The van der Waals surface area contributed by atoms with E-state index in [-0.39, 0.29) is 25.7 Å². The van der Waals surface area contributed by atoms with Gasteiger partial charge >= 0.3 is 39.5 Å². The van der Waals surface area contributed by atoms with Crippen molar-refractivity contribution in [2.45, 2.75) is 439 Å². The molecule has 0 aromatic carbocycles. The molecule has 3 N–H and O–H groups in total. The lowest BCUT2D eigenvalue weighted by molar-refractivity contribution is -0.161. The summed E-state index contributed by atoms with van der Waals surface area (Å²) in [7, 11) is -9.92. The fourth-order valence-corrected chi connectivity index (χ4v) is 14.0. The van der Waals surface area contributed by atoms with Crippen molar-refractivity contribution in [2.75, 3.05) is 39.6 Å². The van der Waals surface area contributed by atoms with E-state index in [1.165, 1.54) is 225 Å². The number of esters is 4. The van der Waals surface area contributed by atoms with E-state index in [1.807, 2.05) is 0 Å². The highest BCUT2D eigenvalue weighted by Crippen LogP contribution is 2.45. The van der Waals surface area contributed by atoms with E-state index in [9.17, 15) is 43.2 Å². The molecule has 0 radical (unpaired) electrons. The molecule has 19 heteroatoms. The van der Waals surface area contributed by atoms with Crippen molar-refractivity contribution in [2.24, 2.45) is 17.8 Å². The van der Waals surface area contributed by atoms with Gasteiger partial charge in [0.15, 0.2) is 12.2 Å². The molecule has 0 saturated carbocycles. The van der Waals surface area contributed by atoms with Crippen LogP contribution in [0.4, 0.5) is 0 Å². The van der Waals surface area contributed by atoms with Crippen LogP contribution in [-0.4, -0.2) is 96.7 Å². The number of carbonyl (C=O) groups is 4. The standard InChI is InChI=1S/C81H158O17P2/c1-8-10-11-12-13-14-15-16-17-20-25-31-36-41-50-57-65-81(86)98-77(69-92-79(84)63-56-49-44-43-47-54-61-74(7)9-2)71-96-100(89,90)94-67-75(82)66-93-99(87,88)95-70-76(68-91-78(83)62-55-48-40-35-30-27-22-24-29-34-39-46-53-60-73(5)6)97-80(85)64-58-51-42-37-32-26-21-18-19-23-28-33-38-45-52-59-72(3)4/h72-77,82H,8-71H2,1-7H3,(H,87,88)(H,89,90)/t74?,75-,76-,77-/m1/s1. The maximum absolute atomic E-state index is 13.1. The van der Waals surface area contributed by atoms with Crippen LogP contribution in [0.5, 0.6) is 0 Å². The zero-order valence-corrected chi connectivity index (χ0v) is 67.5. The molecule has 594 valence electrons. The Morgan fingerprint density at radius 1 is 0.290 bits per heavy atom. The average molecular weight is 1470 g/mol. The predicted molar refractivity (Wildman–Crippen MR) is 409 cm³/mol. The fourth-order valence-electron chi connectivity index (χ4n) is 12.5. The number of aliphatic hydroxyl groups excluding tert-OH is 1. The largest absolute Gasteiger partial charge is 0.472 e. The van der Waals surface area contributed by atoms with Gasteiger partial charge in [0.05, 0.1) is 26.4 Å². The van der Waals surface area contributed by atoms with Gasteiger partial charge in [0.25, 0.3) is 0 Å². The van der Waals surface area contributed by atoms with Gasteiger partial charge in [-0.1, -0.05) is 370 Å². The average Bonchev–Trinajstić information content (AvgIpc) is 0.937. The second-order valence-electron chi connectivity index (χ2n) is 30.4. The van der Waals surface area contributed by atoms with Crippen LogP contribution in [0.25, 0.3) is 0 Å². The lowest BCUT2D eigenvalue weighted by Gasteiger charge is -2.21. The molecule has 0 heterocycles. The molecular weight excluding hydrogens is 1310 g/mol. The number of ether oxygens (including phenoxy) is 4. The highest BCUT2D eigenvalue weighted by molar-refractivity contribution is 7.47. The molecule has 0 amide bonds. The van der Waals surface area contributed by atoms with Gasteiger partial charge in [-0.25, -0.2) is 9.13 Å². The summed E-state index contributed by atoms with van der Waals surface area (Å²) in [5.41, 5.74) is 0. The molecule has 3 unspecified atom stereocenters. The Hall–Kier alpha value is -1.94. The zero-order chi connectivity index (χ0) is 73.7. The van der Waals surface area contributed by atoms with Crippen molar-refractivity contribution < 1.29 is 80.2 Å². The van der Waals surface area contributed by atoms with Gasteiger partial charge in [-0.2, -0.15) is 0 Å². The van der Waals surface area contributed by atoms with E-state index < -0.39 is 97.5 Å². The number of hydrogen-bond acceptors (Lipinski definition) is 15. The van der Waals surface area contributed by atoms with Gasteiger partial charge in [0, 0.05) is 25.7 Å². The van der Waals surface area contributed by atoms with Crippen molar-refractivity contribution in [1.29, 1.82) is 0 Å². The van der Waals surface area contributed by atoms with Crippen LogP contribution in [0, 0.1) is 17.8 Å². The Morgan fingerprint density at radius 3 is 0.760 bits per heavy atom. The van der Waals surface area contributed by atoms with Gasteiger partial charge in [-0.15, -0.1) is 0 Å². The zero-order valence-electron chi connectivity index (χ0n) is 65.7. The van der Waals surface area contributed by atoms with Gasteiger partial charge < -0.3 is 33.8 Å². The lowest BCUT2D eigenvalue weighted by Crippen LogP contribution is -2.30. The van der Waals surface area contributed by atoms with Gasteiger partial charge in [0.2, 0.25) is 0 Å². The number of rotatable bonds is 79. The number of unbranched alkanes of at least 4 members (excludes halogenated alkanes) is 46. The van der Waals surface area contributed by atoms with E-state index in [0.717, 1.165) is 114 Å². The molecule has 0 aliphatic heterocycles. The van der Waals surface area contributed by atoms with E-state index in [4.69, 9.17) is 37.0 Å². The summed E-state index contributed by atoms with van der Waals surface area (Å²) < 4.78 is 68.7. The molecule has 0 saturated heterocycles. The Balaban J connectivity index is 5.25. The number of aliphatic hydroxyl groups is 1. The van der Waals surface area contributed by atoms with E-state index in [2.05, 4.69) is 48.5 Å². The molecule has 0 rings (SSSR count). The lowest BCUT2D eigenvalue weighted by atomic mass is 10.00. The third-order valence-electron chi connectivity index (χ3n) is 19.2. The van der Waals surface area contributed by atoms with Crippen LogP contribution in [0.2, 0.25) is 0 Å². The minimum atomic E-state index is -4.96. The third-order valence-corrected chi connectivity index (χ3v) is 21.1. The van der Waals surface area contributed by atoms with Crippen molar-refractivity contribution in [1.82, 2.24) is 0 Å². The predicted octanol–water partition coefficient (Wildman–Crippen LogP) is 24.1. The first kappa shape index (κ1) is 98.1. The summed E-state index contributed by atoms with van der Waals surface area (Å²) in [5, 5.41) is 10.6. The third kappa shape index (κ3) is 73.0. The first-order chi connectivity index (χ1) is 48.3. The molecule has 0 fully saturated rings. The van der Waals surface area contributed by atoms with Crippen LogP contribution in [0.1, 0.15) is 421 Å². The normalized spacial score (nSPS) is 14.2. The molecule has 0 aliphatic rings. The Labute approximate surface area is 613 Å². The first-order valence-electron chi connectivity index (χ1n) is 41.9. The van der Waals surface area contributed by atoms with Crippen LogP contribution >= 0.6 is 15.6 Å². The van der Waals surface area contributed by atoms with Crippen LogP contribution in [0.15, 0.2) is 0 Å². The Kier molecular flexibility index (Phi) is 69.9. The van der Waals surface area contributed by atoms with Gasteiger partial charge in [-0.05, 0) is 43.4 Å². The highest BCUT2D eigenvalue weighted by Gasteiger charge is 2.30. The molecular formula is C81H158O17P2. The molecule has 0 bridgehead atoms. The second kappa shape index (κ2) is 71.3. The number of phosphoric acid groups is 2. The number of phosphoric ester groups is 2. The van der Waals surface area contributed by atoms with Gasteiger partial charge in [-0.3, -0.25) is 37.3 Å². The maximum atomic E-state index is 13.1. The molecule has 0 aromatic heterocycles. The molecule has 0 aliphatic carbocycles. The number of carbonyl (C=O) groups excluding carboxylic acids is 4. The van der Waals surface area contributed by atoms with Crippen molar-refractivity contribution in [3.8, 4) is 0 Å². The summed E-state index contributed by atoms with van der Waals surface area (Å²) in [6, 6.07) is 0. The van der Waals surface area contributed by atoms with Crippen LogP contribution < -0.4 is 0 Å². The van der Waals surface area contributed by atoms with Crippen LogP contribution in [-0.2, 0) is 65.4 Å². The Bertz CT molecular complexity index is 1940.